The van der Waals surface area contributed by atoms with E-state index >= 15 is 0 Å². The molecule has 0 bridgehead atoms. The van der Waals surface area contributed by atoms with Gasteiger partial charge in [-0.05, 0) is 55.2 Å². The molecule has 35 heavy (non-hydrogen) atoms. The zero-order valence-corrected chi connectivity index (χ0v) is 20.6. The lowest BCUT2D eigenvalue weighted by Gasteiger charge is -2.10. The smallest absolute Gasteiger partial charge is 0.329 e. The van der Waals surface area contributed by atoms with Crippen LogP contribution in [-0.2, 0) is 27.8 Å². The third kappa shape index (κ3) is 7.54. The molecule has 1 amide bonds. The number of H-pyrrole nitrogens is 1. The molecule has 5 N–H and O–H groups in total. The lowest BCUT2D eigenvalue weighted by molar-refractivity contribution is -0.121. The normalized spacial score (nSPS) is 11.3. The van der Waals surface area contributed by atoms with Crippen LogP contribution in [0.4, 0.5) is 11.5 Å². The number of anilines is 2. The summed E-state index contributed by atoms with van der Waals surface area (Å²) in [6.07, 6.45) is 0.951. The Balaban J connectivity index is 1.47. The van der Waals surface area contributed by atoms with Crippen molar-refractivity contribution in [2.45, 2.75) is 37.6 Å². The number of benzene rings is 2. The maximum Gasteiger partial charge on any atom is 0.329 e. The summed E-state index contributed by atoms with van der Waals surface area (Å²) < 4.78 is 23.6. The standard InChI is InChI=1S/C23H26ClN5O5S/c1-15-4-7-17(13-19(15)24)27-20-14-22(31)29(23(32)28-20)12-2-3-21(30)26-11-10-16-5-8-18(9-6-16)35(25,33)34/h4-9,13-14,27H,2-3,10-12H2,1H3,(H,26,30)(H,28,32)(H2,25,33,34). The average Bonchev–Trinajstić information content (AvgIpc) is 2.78. The third-order valence-corrected chi connectivity index (χ3v) is 6.58. The van der Waals surface area contributed by atoms with Crippen molar-refractivity contribution in [2.24, 2.45) is 5.14 Å². The van der Waals surface area contributed by atoms with Gasteiger partial charge in [-0.15, -0.1) is 0 Å². The molecule has 0 aliphatic rings. The van der Waals surface area contributed by atoms with E-state index in [1.807, 2.05) is 13.0 Å². The van der Waals surface area contributed by atoms with Crippen molar-refractivity contribution in [3.63, 3.8) is 0 Å². The van der Waals surface area contributed by atoms with Crippen molar-refractivity contribution in [3.8, 4) is 0 Å². The first-order valence-corrected chi connectivity index (χ1v) is 12.7. The van der Waals surface area contributed by atoms with Crippen LogP contribution in [0, 0.1) is 6.92 Å². The number of hydrogen-bond donors (Lipinski definition) is 4. The molecule has 0 spiro atoms. The highest BCUT2D eigenvalue weighted by molar-refractivity contribution is 7.89. The number of halogens is 1. The zero-order chi connectivity index (χ0) is 25.6. The molecule has 186 valence electrons. The molecule has 0 saturated heterocycles. The van der Waals surface area contributed by atoms with Crippen LogP contribution in [0.15, 0.2) is 63.0 Å². The molecule has 0 radical (unpaired) electrons. The molecular weight excluding hydrogens is 494 g/mol. The van der Waals surface area contributed by atoms with Crippen molar-refractivity contribution >= 4 is 39.0 Å². The second-order valence-corrected chi connectivity index (χ2v) is 9.93. The van der Waals surface area contributed by atoms with Gasteiger partial charge in [0.15, 0.2) is 0 Å². The molecule has 0 atom stereocenters. The number of hydrogen-bond acceptors (Lipinski definition) is 6. The van der Waals surface area contributed by atoms with E-state index in [0.717, 1.165) is 15.7 Å². The molecule has 0 fully saturated rings. The van der Waals surface area contributed by atoms with E-state index in [9.17, 15) is 22.8 Å². The predicted octanol–water partition coefficient (Wildman–Crippen LogP) is 2.03. The first kappa shape index (κ1) is 26.2. The highest BCUT2D eigenvalue weighted by Crippen LogP contribution is 2.21. The van der Waals surface area contributed by atoms with Crippen LogP contribution in [0.1, 0.15) is 24.0 Å². The number of aromatic nitrogens is 2. The van der Waals surface area contributed by atoms with E-state index in [0.29, 0.717) is 30.1 Å². The van der Waals surface area contributed by atoms with E-state index in [2.05, 4.69) is 15.6 Å². The van der Waals surface area contributed by atoms with Crippen molar-refractivity contribution in [1.29, 1.82) is 0 Å². The number of amides is 1. The van der Waals surface area contributed by atoms with Crippen LogP contribution in [0.2, 0.25) is 5.02 Å². The van der Waals surface area contributed by atoms with Gasteiger partial charge in [0.2, 0.25) is 15.9 Å². The van der Waals surface area contributed by atoms with Gasteiger partial charge in [0.1, 0.15) is 5.82 Å². The lowest BCUT2D eigenvalue weighted by Crippen LogP contribution is -2.35. The van der Waals surface area contributed by atoms with Gasteiger partial charge in [0, 0.05) is 36.3 Å². The second-order valence-electron chi connectivity index (χ2n) is 7.96. The zero-order valence-electron chi connectivity index (χ0n) is 19.0. The third-order valence-electron chi connectivity index (χ3n) is 5.24. The van der Waals surface area contributed by atoms with Crippen molar-refractivity contribution in [2.75, 3.05) is 11.9 Å². The largest absolute Gasteiger partial charge is 0.356 e. The summed E-state index contributed by atoms with van der Waals surface area (Å²) in [7, 11) is -3.74. The number of rotatable bonds is 10. The van der Waals surface area contributed by atoms with Gasteiger partial charge < -0.3 is 10.6 Å². The number of nitrogens with zero attached hydrogens (tertiary/aromatic N) is 1. The molecule has 3 rings (SSSR count). The van der Waals surface area contributed by atoms with Gasteiger partial charge in [-0.25, -0.2) is 18.4 Å². The van der Waals surface area contributed by atoms with E-state index in [-0.39, 0.29) is 29.6 Å². The fourth-order valence-corrected chi connectivity index (χ4v) is 4.00. The minimum absolute atomic E-state index is 0.0267. The molecule has 1 heterocycles. The van der Waals surface area contributed by atoms with Crippen molar-refractivity contribution < 1.29 is 13.2 Å². The van der Waals surface area contributed by atoms with Crippen molar-refractivity contribution in [1.82, 2.24) is 14.9 Å². The van der Waals surface area contributed by atoms with Crippen LogP contribution in [0.25, 0.3) is 0 Å². The summed E-state index contributed by atoms with van der Waals surface area (Å²) >= 11 is 6.10. The van der Waals surface area contributed by atoms with E-state index in [1.54, 1.807) is 24.3 Å². The molecule has 2 aromatic carbocycles. The molecular formula is C23H26ClN5O5S. The first-order valence-electron chi connectivity index (χ1n) is 10.8. The second kappa shape index (κ2) is 11.3. The minimum atomic E-state index is -3.74. The highest BCUT2D eigenvalue weighted by atomic mass is 35.5. The summed E-state index contributed by atoms with van der Waals surface area (Å²) in [5.41, 5.74) is 1.31. The molecule has 0 unspecified atom stereocenters. The maximum atomic E-state index is 12.4. The summed E-state index contributed by atoms with van der Waals surface area (Å²) in [5.74, 6) is 0.0242. The van der Waals surface area contributed by atoms with Crippen molar-refractivity contribution in [3.05, 3.63) is 85.5 Å². The Hall–Kier alpha value is -3.41. The van der Waals surface area contributed by atoms with E-state index < -0.39 is 21.3 Å². The summed E-state index contributed by atoms with van der Waals surface area (Å²) in [5, 5.41) is 11.3. The number of primary sulfonamides is 1. The Labute approximate surface area is 207 Å². The van der Waals surface area contributed by atoms with Gasteiger partial charge in [-0.2, -0.15) is 0 Å². The van der Waals surface area contributed by atoms with Crippen LogP contribution < -0.4 is 27.0 Å². The Morgan fingerprint density at radius 1 is 1.11 bits per heavy atom. The summed E-state index contributed by atoms with van der Waals surface area (Å²) in [6.45, 7) is 2.32. The van der Waals surface area contributed by atoms with Crippen LogP contribution in [-0.4, -0.2) is 30.4 Å². The molecule has 0 aliphatic heterocycles. The number of aryl methyl sites for hydroxylation is 1. The van der Waals surface area contributed by atoms with Gasteiger partial charge >= 0.3 is 5.69 Å². The molecule has 0 aliphatic carbocycles. The van der Waals surface area contributed by atoms with Gasteiger partial charge in [0.05, 0.1) is 4.90 Å². The fraction of sp³-hybridized carbons (Fsp3) is 0.261. The number of carbonyl (C=O) groups excluding carboxylic acids is 1. The monoisotopic (exact) mass is 519 g/mol. The molecule has 3 aromatic rings. The van der Waals surface area contributed by atoms with Crippen LogP contribution >= 0.6 is 11.6 Å². The number of nitrogens with two attached hydrogens (primary N) is 1. The Morgan fingerprint density at radius 2 is 1.83 bits per heavy atom. The molecule has 10 nitrogen and oxygen atoms in total. The number of aromatic amines is 1. The summed E-state index contributed by atoms with van der Waals surface area (Å²) in [4.78, 5) is 39.5. The van der Waals surface area contributed by atoms with Gasteiger partial charge in [-0.1, -0.05) is 29.8 Å². The number of carbonyl (C=O) groups is 1. The molecule has 12 heteroatoms. The highest BCUT2D eigenvalue weighted by Gasteiger charge is 2.09. The summed E-state index contributed by atoms with van der Waals surface area (Å²) in [6, 6.07) is 12.7. The minimum Gasteiger partial charge on any atom is -0.356 e. The average molecular weight is 520 g/mol. The molecule has 0 saturated carbocycles. The van der Waals surface area contributed by atoms with Crippen LogP contribution in [0.5, 0.6) is 0 Å². The van der Waals surface area contributed by atoms with Crippen LogP contribution in [0.3, 0.4) is 0 Å². The number of sulfonamides is 1. The Morgan fingerprint density at radius 3 is 2.46 bits per heavy atom. The SMILES string of the molecule is Cc1ccc(Nc2cc(=O)n(CCCC(=O)NCCc3ccc(S(N)(=O)=O)cc3)c(=O)[nH]2)cc1Cl. The fourth-order valence-electron chi connectivity index (χ4n) is 3.30. The van der Waals surface area contributed by atoms with Gasteiger partial charge in [-0.3, -0.25) is 19.1 Å². The quantitative estimate of drug-likeness (QED) is 0.321. The Bertz CT molecular complexity index is 1400. The predicted molar refractivity (Wildman–Crippen MR) is 135 cm³/mol. The van der Waals surface area contributed by atoms with Gasteiger partial charge in [0.25, 0.3) is 5.56 Å². The first-order chi connectivity index (χ1) is 16.5. The topological polar surface area (TPSA) is 156 Å². The Kier molecular flexibility index (Phi) is 8.49. The maximum absolute atomic E-state index is 12.4. The molecule has 1 aromatic heterocycles. The van der Waals surface area contributed by atoms with E-state index in [4.69, 9.17) is 16.7 Å². The lowest BCUT2D eigenvalue weighted by atomic mass is 10.1. The number of nitrogens with one attached hydrogen (secondary N) is 3. The van der Waals surface area contributed by atoms with E-state index in [1.165, 1.54) is 18.2 Å².